The molecule has 96 valence electrons. The normalized spacial score (nSPS) is 11.8. The van der Waals surface area contributed by atoms with Gasteiger partial charge in [0.05, 0.1) is 0 Å². The van der Waals surface area contributed by atoms with Crippen LogP contribution in [0.15, 0.2) is 22.7 Å². The van der Waals surface area contributed by atoms with Crippen LogP contribution in [0, 0.1) is 11.7 Å². The van der Waals surface area contributed by atoms with E-state index in [9.17, 15) is 4.39 Å². The minimum atomic E-state index is -0.178. The van der Waals surface area contributed by atoms with Crippen LogP contribution in [0.2, 0.25) is 0 Å². The van der Waals surface area contributed by atoms with Crippen molar-refractivity contribution in [3.8, 4) is 0 Å². The molecule has 0 aliphatic heterocycles. The van der Waals surface area contributed by atoms with Crippen LogP contribution >= 0.6 is 15.9 Å². The van der Waals surface area contributed by atoms with Crippen molar-refractivity contribution in [2.75, 3.05) is 6.54 Å². The molecule has 0 saturated carbocycles. The Bertz CT molecular complexity index is 343. The molecule has 0 radical (unpaired) electrons. The van der Waals surface area contributed by atoms with E-state index < -0.39 is 0 Å². The molecule has 17 heavy (non-hydrogen) atoms. The van der Waals surface area contributed by atoms with Crippen molar-refractivity contribution in [3.05, 3.63) is 34.1 Å². The van der Waals surface area contributed by atoms with E-state index in [4.69, 9.17) is 0 Å². The number of nitrogens with zero attached hydrogens (tertiary/aromatic N) is 1. The van der Waals surface area contributed by atoms with E-state index in [2.05, 4.69) is 48.5 Å². The first kappa shape index (κ1) is 14.7. The zero-order valence-corrected chi connectivity index (χ0v) is 12.6. The van der Waals surface area contributed by atoms with Gasteiger partial charge in [-0.1, -0.05) is 29.8 Å². The number of hydrogen-bond acceptors (Lipinski definition) is 1. The largest absolute Gasteiger partial charge is 0.296 e. The van der Waals surface area contributed by atoms with Crippen LogP contribution in [0.4, 0.5) is 4.39 Å². The minimum absolute atomic E-state index is 0.178. The van der Waals surface area contributed by atoms with Crippen LogP contribution in [0.1, 0.15) is 33.3 Å². The summed E-state index contributed by atoms with van der Waals surface area (Å²) in [4.78, 5) is 2.37. The number of rotatable bonds is 5. The lowest BCUT2D eigenvalue weighted by Gasteiger charge is -2.28. The van der Waals surface area contributed by atoms with Gasteiger partial charge in [-0.15, -0.1) is 0 Å². The van der Waals surface area contributed by atoms with E-state index in [1.807, 2.05) is 6.07 Å². The maximum atomic E-state index is 13.3. The van der Waals surface area contributed by atoms with Crippen molar-refractivity contribution >= 4 is 15.9 Å². The van der Waals surface area contributed by atoms with E-state index in [1.165, 1.54) is 6.07 Å². The fraction of sp³-hybridized carbons (Fsp3) is 0.571. The molecule has 1 aromatic rings. The molecule has 0 amide bonds. The summed E-state index contributed by atoms with van der Waals surface area (Å²) in [6.45, 7) is 10.6. The summed E-state index contributed by atoms with van der Waals surface area (Å²) >= 11 is 3.33. The second-order valence-electron chi connectivity index (χ2n) is 5.19. The monoisotopic (exact) mass is 301 g/mol. The van der Waals surface area contributed by atoms with Crippen molar-refractivity contribution in [1.82, 2.24) is 4.90 Å². The maximum Gasteiger partial charge on any atom is 0.124 e. The molecule has 1 rings (SSSR count). The Hall–Kier alpha value is -0.410. The van der Waals surface area contributed by atoms with Gasteiger partial charge in [0.25, 0.3) is 0 Å². The van der Waals surface area contributed by atoms with Gasteiger partial charge in [0.2, 0.25) is 0 Å². The zero-order chi connectivity index (χ0) is 13.0. The Kier molecular flexibility index (Phi) is 5.60. The molecule has 0 aliphatic rings. The molecule has 3 heteroatoms. The van der Waals surface area contributed by atoms with Gasteiger partial charge in [0.15, 0.2) is 0 Å². The van der Waals surface area contributed by atoms with Gasteiger partial charge in [-0.05, 0) is 43.5 Å². The van der Waals surface area contributed by atoms with E-state index >= 15 is 0 Å². The first-order chi connectivity index (χ1) is 7.88. The summed E-state index contributed by atoms with van der Waals surface area (Å²) in [6.07, 6.45) is 0. The van der Waals surface area contributed by atoms with Gasteiger partial charge in [-0.3, -0.25) is 4.90 Å². The average Bonchev–Trinajstić information content (AvgIpc) is 2.13. The van der Waals surface area contributed by atoms with Gasteiger partial charge in [-0.25, -0.2) is 4.39 Å². The van der Waals surface area contributed by atoms with Gasteiger partial charge >= 0.3 is 0 Å². The van der Waals surface area contributed by atoms with Gasteiger partial charge < -0.3 is 0 Å². The van der Waals surface area contributed by atoms with E-state index in [0.29, 0.717) is 12.0 Å². The van der Waals surface area contributed by atoms with E-state index in [-0.39, 0.29) is 5.82 Å². The molecule has 0 spiro atoms. The lowest BCUT2D eigenvalue weighted by Crippen LogP contribution is -2.33. The minimum Gasteiger partial charge on any atom is -0.296 e. The summed E-state index contributed by atoms with van der Waals surface area (Å²) < 4.78 is 14.1. The molecule has 0 atom stereocenters. The van der Waals surface area contributed by atoms with Crippen molar-refractivity contribution < 1.29 is 4.39 Å². The smallest absolute Gasteiger partial charge is 0.124 e. The van der Waals surface area contributed by atoms with Gasteiger partial charge in [0, 0.05) is 23.6 Å². The second-order valence-corrected chi connectivity index (χ2v) is 6.11. The third-order valence-corrected chi connectivity index (χ3v) is 3.10. The topological polar surface area (TPSA) is 3.24 Å². The molecule has 0 unspecified atom stereocenters. The fourth-order valence-electron chi connectivity index (χ4n) is 1.86. The summed E-state index contributed by atoms with van der Waals surface area (Å²) in [6, 6.07) is 5.56. The van der Waals surface area contributed by atoms with Crippen molar-refractivity contribution in [2.24, 2.45) is 5.92 Å². The maximum absolute atomic E-state index is 13.3. The van der Waals surface area contributed by atoms with E-state index in [1.54, 1.807) is 6.07 Å². The number of hydrogen-bond donors (Lipinski definition) is 0. The van der Waals surface area contributed by atoms with E-state index in [0.717, 1.165) is 23.1 Å². The average molecular weight is 302 g/mol. The summed E-state index contributed by atoms with van der Waals surface area (Å²) in [5.74, 6) is 0.442. The molecule has 1 nitrogen and oxygen atoms in total. The van der Waals surface area contributed by atoms with Crippen molar-refractivity contribution in [2.45, 2.75) is 40.3 Å². The third-order valence-electron chi connectivity index (χ3n) is 2.64. The Labute approximate surface area is 112 Å². The molecular formula is C14H21BrFN. The Morgan fingerprint density at radius 2 is 1.82 bits per heavy atom. The Morgan fingerprint density at radius 3 is 2.29 bits per heavy atom. The number of halogens is 2. The lowest BCUT2D eigenvalue weighted by molar-refractivity contribution is 0.189. The van der Waals surface area contributed by atoms with Crippen molar-refractivity contribution in [3.63, 3.8) is 0 Å². The molecule has 0 heterocycles. The molecule has 0 fully saturated rings. The fourth-order valence-corrected chi connectivity index (χ4v) is 2.38. The highest BCUT2D eigenvalue weighted by molar-refractivity contribution is 9.10. The zero-order valence-electron chi connectivity index (χ0n) is 11.0. The molecule has 0 aliphatic carbocycles. The van der Waals surface area contributed by atoms with Gasteiger partial charge in [-0.2, -0.15) is 0 Å². The third kappa shape index (κ3) is 5.17. The van der Waals surface area contributed by atoms with Crippen molar-refractivity contribution in [1.29, 1.82) is 0 Å². The second kappa shape index (κ2) is 6.50. The molecule has 1 aromatic carbocycles. The lowest BCUT2D eigenvalue weighted by atomic mass is 10.1. The first-order valence-corrected chi connectivity index (χ1v) is 6.86. The van der Waals surface area contributed by atoms with Gasteiger partial charge in [0.1, 0.15) is 5.82 Å². The highest BCUT2D eigenvalue weighted by Gasteiger charge is 2.12. The standard InChI is InChI=1S/C14H21BrFN/c1-10(2)8-17(11(3)4)9-12-5-13(15)7-14(16)6-12/h5-7,10-11H,8-9H2,1-4H3. The van der Waals surface area contributed by atoms with Crippen LogP contribution in [0.3, 0.4) is 0 Å². The SMILES string of the molecule is CC(C)CN(Cc1cc(F)cc(Br)c1)C(C)C. The number of benzene rings is 1. The predicted octanol–water partition coefficient (Wildman–Crippen LogP) is 4.45. The van der Waals surface area contributed by atoms with Crippen LogP contribution in [-0.4, -0.2) is 17.5 Å². The highest BCUT2D eigenvalue weighted by atomic mass is 79.9. The predicted molar refractivity (Wildman–Crippen MR) is 74.5 cm³/mol. The summed E-state index contributed by atoms with van der Waals surface area (Å²) in [7, 11) is 0. The van der Waals surface area contributed by atoms with Crippen LogP contribution in [-0.2, 0) is 6.54 Å². The first-order valence-electron chi connectivity index (χ1n) is 6.07. The summed E-state index contributed by atoms with van der Waals surface area (Å²) in [5, 5.41) is 0. The Morgan fingerprint density at radius 1 is 1.18 bits per heavy atom. The molecule has 0 saturated heterocycles. The van der Waals surface area contributed by atoms with Crippen LogP contribution in [0.25, 0.3) is 0 Å². The van der Waals surface area contributed by atoms with Crippen LogP contribution < -0.4 is 0 Å². The highest BCUT2D eigenvalue weighted by Crippen LogP contribution is 2.18. The quantitative estimate of drug-likeness (QED) is 0.776. The summed E-state index contributed by atoms with van der Waals surface area (Å²) in [5.41, 5.74) is 1.02. The van der Waals surface area contributed by atoms with Crippen LogP contribution in [0.5, 0.6) is 0 Å². The molecule has 0 bridgehead atoms. The molecule has 0 aromatic heterocycles. The molecular weight excluding hydrogens is 281 g/mol. The Balaban J connectivity index is 2.78. The molecule has 0 N–H and O–H groups in total.